The van der Waals surface area contributed by atoms with Crippen LogP contribution >= 0.6 is 47.8 Å². The van der Waals surface area contributed by atoms with E-state index < -0.39 is 11.3 Å². The summed E-state index contributed by atoms with van der Waals surface area (Å²) >= 11 is 9.41. The molecule has 0 saturated heterocycles. The van der Waals surface area contributed by atoms with Crippen LogP contribution in [0.15, 0.2) is 0 Å². The first kappa shape index (κ1) is 16.4. The molecule has 1 aliphatic carbocycles. The molecular weight excluding hydrogens is 436 g/mol. The minimum atomic E-state index is -3.22. The third-order valence-electron chi connectivity index (χ3n) is 3.66. The quantitative estimate of drug-likeness (QED) is 0.533. The Morgan fingerprint density at radius 2 is 1.35 bits per heavy atom. The summed E-state index contributed by atoms with van der Waals surface area (Å²) < 4.78 is 23.3. The first-order valence-electron chi connectivity index (χ1n) is 5.76. The minimum absolute atomic E-state index is 0.251. The van der Waals surface area contributed by atoms with E-state index in [0.717, 1.165) is 25.7 Å². The number of hydrogen-bond donors (Lipinski definition) is 0. The third kappa shape index (κ3) is 3.93. The second-order valence-corrected chi connectivity index (χ2v) is 16.5. The lowest BCUT2D eigenvalue weighted by Gasteiger charge is -2.37. The van der Waals surface area contributed by atoms with Crippen LogP contribution in [-0.4, -0.2) is 15.1 Å². The average molecular weight is 455 g/mol. The summed E-state index contributed by atoms with van der Waals surface area (Å²) in [4.78, 5) is 0. The van der Waals surface area contributed by atoms with Gasteiger partial charge in [-0.05, 0) is 84.8 Å². The highest BCUT2D eigenvalue weighted by molar-refractivity contribution is 9.42. The second-order valence-electron chi connectivity index (χ2n) is 5.83. The van der Waals surface area contributed by atoms with Gasteiger partial charge < -0.3 is 0 Å². The van der Waals surface area contributed by atoms with Crippen LogP contribution in [0, 0.1) is 11.3 Å². The summed E-state index contributed by atoms with van der Waals surface area (Å²) in [7, 11) is -3.22. The zero-order valence-electron chi connectivity index (χ0n) is 10.3. The number of halogens is 3. The zero-order valence-corrected chi connectivity index (χ0v) is 15.9. The van der Waals surface area contributed by atoms with E-state index in [0.29, 0.717) is 5.92 Å². The molecule has 0 aromatic rings. The van der Waals surface area contributed by atoms with Crippen LogP contribution in [0.1, 0.15) is 46.5 Å². The van der Waals surface area contributed by atoms with Gasteiger partial charge in [0.2, 0.25) is 1.47 Å². The van der Waals surface area contributed by atoms with E-state index >= 15 is 0 Å². The lowest BCUT2D eigenvalue weighted by molar-refractivity contribution is 0.180. The van der Waals surface area contributed by atoms with Crippen LogP contribution in [0.4, 0.5) is 0 Å². The fourth-order valence-corrected chi connectivity index (χ4v) is 6.08. The Morgan fingerprint density at radius 3 is 1.65 bits per heavy atom. The van der Waals surface area contributed by atoms with Gasteiger partial charge in [-0.25, -0.2) is 8.42 Å². The highest BCUT2D eigenvalue weighted by Gasteiger charge is 2.44. The van der Waals surface area contributed by atoms with Crippen LogP contribution < -0.4 is 0 Å². The van der Waals surface area contributed by atoms with Crippen molar-refractivity contribution in [3.05, 3.63) is 0 Å². The maximum Gasteiger partial charge on any atom is 0.235 e. The first-order valence-corrected chi connectivity index (χ1v) is 9.69. The average Bonchev–Trinajstić information content (AvgIpc) is 2.15. The Hall–Kier alpha value is 1.39. The molecule has 0 aromatic carbocycles. The van der Waals surface area contributed by atoms with Crippen molar-refractivity contribution in [3.8, 4) is 0 Å². The summed E-state index contributed by atoms with van der Waals surface area (Å²) in [6, 6.07) is 0. The molecule has 102 valence electrons. The molecule has 0 heterocycles. The lowest BCUT2D eigenvalue weighted by atomic mass is 9.72. The number of hydrogen-bond acceptors (Lipinski definition) is 2. The Labute approximate surface area is 130 Å². The molecule has 0 unspecified atom stereocenters. The largest absolute Gasteiger partial charge is 0.235 e. The molecule has 0 atom stereocenters. The van der Waals surface area contributed by atoms with Crippen molar-refractivity contribution in [2.75, 3.05) is 0 Å². The summed E-state index contributed by atoms with van der Waals surface area (Å²) in [6.07, 6.45) is 3.51. The molecule has 0 amide bonds. The number of alkyl halides is 3. The van der Waals surface area contributed by atoms with Crippen LogP contribution in [0.2, 0.25) is 0 Å². The highest BCUT2D eigenvalue weighted by atomic mass is 80.0. The second kappa shape index (κ2) is 5.41. The van der Waals surface area contributed by atoms with Crippen LogP contribution in [-0.2, 0) is 9.84 Å². The molecule has 0 radical (unpaired) electrons. The van der Waals surface area contributed by atoms with Gasteiger partial charge >= 0.3 is 0 Å². The Balaban J connectivity index is 2.72. The van der Waals surface area contributed by atoms with Gasteiger partial charge in [0.25, 0.3) is 0 Å². The molecule has 1 aliphatic rings. The monoisotopic (exact) mass is 452 g/mol. The minimum Gasteiger partial charge on any atom is -0.225 e. The van der Waals surface area contributed by atoms with Crippen molar-refractivity contribution in [2.24, 2.45) is 11.3 Å². The van der Waals surface area contributed by atoms with Crippen LogP contribution in [0.5, 0.6) is 0 Å². The maximum atomic E-state index is 12.2. The highest BCUT2D eigenvalue weighted by Crippen LogP contribution is 2.47. The predicted octanol–water partition coefficient (Wildman–Crippen LogP) is 4.80. The fourth-order valence-electron chi connectivity index (χ4n) is 2.43. The van der Waals surface area contributed by atoms with E-state index in [2.05, 4.69) is 68.6 Å². The van der Waals surface area contributed by atoms with Gasteiger partial charge in [0, 0.05) is 0 Å². The van der Waals surface area contributed by atoms with Crippen LogP contribution in [0.25, 0.3) is 0 Å². The summed E-state index contributed by atoms with van der Waals surface area (Å²) in [5.74, 6) is 0.629. The van der Waals surface area contributed by atoms with Crippen molar-refractivity contribution >= 4 is 57.6 Å². The summed E-state index contributed by atoms with van der Waals surface area (Å²) in [5.41, 5.74) is 0.281. The SMILES string of the molecule is CC(C)(C)C1CCC(S(=O)(=O)C(Br)(Br)Br)CC1. The molecule has 0 bridgehead atoms. The fraction of sp³-hybridized carbons (Fsp3) is 1.00. The topological polar surface area (TPSA) is 34.1 Å². The molecule has 0 spiro atoms. The third-order valence-corrected chi connectivity index (χ3v) is 9.72. The molecule has 6 heteroatoms. The molecular formula is C11H19Br3O2S. The number of sulfone groups is 1. The Bertz CT molecular complexity index is 357. The van der Waals surface area contributed by atoms with Gasteiger partial charge in [0.15, 0.2) is 9.84 Å². The molecule has 0 N–H and O–H groups in total. The molecule has 1 rings (SSSR count). The summed E-state index contributed by atoms with van der Waals surface area (Å²) in [6.45, 7) is 6.70. The standard InChI is InChI=1S/C11H19Br3O2S/c1-10(2,3)8-4-6-9(7-5-8)17(15,16)11(12,13)14/h8-9H,4-7H2,1-3H3. The van der Waals surface area contributed by atoms with E-state index in [-0.39, 0.29) is 10.7 Å². The normalized spacial score (nSPS) is 28.1. The van der Waals surface area contributed by atoms with Crippen molar-refractivity contribution < 1.29 is 8.42 Å². The lowest BCUT2D eigenvalue weighted by Crippen LogP contribution is -2.36. The summed E-state index contributed by atoms with van der Waals surface area (Å²) in [5, 5.41) is -0.251. The molecule has 17 heavy (non-hydrogen) atoms. The zero-order chi connectivity index (χ0) is 13.5. The van der Waals surface area contributed by atoms with E-state index in [1.807, 2.05) is 0 Å². The van der Waals surface area contributed by atoms with Gasteiger partial charge in [0.05, 0.1) is 5.25 Å². The molecule has 0 aliphatic heterocycles. The smallest absolute Gasteiger partial charge is 0.225 e. The Morgan fingerprint density at radius 1 is 0.941 bits per heavy atom. The molecule has 1 fully saturated rings. The van der Waals surface area contributed by atoms with Gasteiger partial charge in [-0.2, -0.15) is 0 Å². The molecule has 1 saturated carbocycles. The van der Waals surface area contributed by atoms with Crippen molar-refractivity contribution in [1.29, 1.82) is 0 Å². The van der Waals surface area contributed by atoms with E-state index in [1.54, 1.807) is 0 Å². The maximum absolute atomic E-state index is 12.2. The van der Waals surface area contributed by atoms with Gasteiger partial charge in [-0.1, -0.05) is 20.8 Å². The predicted molar refractivity (Wildman–Crippen MR) is 83.6 cm³/mol. The van der Waals surface area contributed by atoms with Crippen LogP contribution in [0.3, 0.4) is 0 Å². The van der Waals surface area contributed by atoms with Crippen molar-refractivity contribution in [1.82, 2.24) is 0 Å². The van der Waals surface area contributed by atoms with Gasteiger partial charge in [0.1, 0.15) is 0 Å². The van der Waals surface area contributed by atoms with Gasteiger partial charge in [-0.3, -0.25) is 0 Å². The van der Waals surface area contributed by atoms with Crippen molar-refractivity contribution in [3.63, 3.8) is 0 Å². The van der Waals surface area contributed by atoms with Gasteiger partial charge in [-0.15, -0.1) is 0 Å². The van der Waals surface area contributed by atoms with Crippen molar-refractivity contribution in [2.45, 2.75) is 53.2 Å². The molecule has 0 aromatic heterocycles. The first-order chi connectivity index (χ1) is 7.46. The molecule has 2 nitrogen and oxygen atoms in total. The van der Waals surface area contributed by atoms with E-state index in [4.69, 9.17) is 0 Å². The van der Waals surface area contributed by atoms with E-state index in [1.165, 1.54) is 0 Å². The Kier molecular flexibility index (Phi) is 5.23. The van der Waals surface area contributed by atoms with E-state index in [9.17, 15) is 8.42 Å². The number of rotatable bonds is 1.